The lowest BCUT2D eigenvalue weighted by atomic mass is 10.1. The lowest BCUT2D eigenvalue weighted by molar-refractivity contribution is 0.474. The molecule has 4 heteroatoms. The van der Waals surface area contributed by atoms with Crippen LogP contribution in [-0.4, -0.2) is 16.1 Å². The number of benzene rings is 1. The Hall–Kier alpha value is -1.39. The summed E-state index contributed by atoms with van der Waals surface area (Å²) in [5, 5.41) is 13.9. The molecule has 0 radical (unpaired) electrons. The van der Waals surface area contributed by atoms with Crippen LogP contribution in [0.1, 0.15) is 34.5 Å². The van der Waals surface area contributed by atoms with Gasteiger partial charge in [-0.3, -0.25) is 0 Å². The summed E-state index contributed by atoms with van der Waals surface area (Å²) in [6, 6.07) is 7.93. The van der Waals surface area contributed by atoms with Gasteiger partial charge in [0.15, 0.2) is 0 Å². The third-order valence-corrected chi connectivity index (χ3v) is 4.49. The van der Waals surface area contributed by atoms with Crippen molar-refractivity contribution < 1.29 is 5.11 Å². The average Bonchev–Trinajstić information content (AvgIpc) is 2.74. The first kappa shape index (κ1) is 15.0. The molecule has 0 spiro atoms. The Morgan fingerprint density at radius 2 is 1.95 bits per heavy atom. The van der Waals surface area contributed by atoms with E-state index in [-0.39, 0.29) is 0 Å². The van der Waals surface area contributed by atoms with Crippen molar-refractivity contribution in [3.05, 3.63) is 45.4 Å². The minimum Gasteiger partial charge on any atom is -0.508 e. The fourth-order valence-electron chi connectivity index (χ4n) is 2.15. The minimum absolute atomic E-state index is 0.330. The first-order chi connectivity index (χ1) is 9.54. The summed E-state index contributed by atoms with van der Waals surface area (Å²) >= 11 is 1.77. The van der Waals surface area contributed by atoms with Gasteiger partial charge >= 0.3 is 0 Å². The zero-order valence-corrected chi connectivity index (χ0v) is 13.1. The fraction of sp³-hybridized carbons (Fsp3) is 0.438. The Bertz CT molecular complexity index is 548. The van der Waals surface area contributed by atoms with Gasteiger partial charge in [-0.25, -0.2) is 4.98 Å². The van der Waals surface area contributed by atoms with Crippen LogP contribution in [0.4, 0.5) is 0 Å². The third-order valence-electron chi connectivity index (χ3n) is 3.41. The largest absolute Gasteiger partial charge is 0.508 e. The van der Waals surface area contributed by atoms with Crippen LogP contribution in [0.3, 0.4) is 0 Å². The SMILES string of the molecule is Cc1nc(C)c(CNC(C)CCc2ccc(O)cc2)s1. The van der Waals surface area contributed by atoms with Crippen molar-refractivity contribution in [1.82, 2.24) is 10.3 Å². The summed E-state index contributed by atoms with van der Waals surface area (Å²) < 4.78 is 0. The zero-order chi connectivity index (χ0) is 14.5. The van der Waals surface area contributed by atoms with Gasteiger partial charge in [-0.15, -0.1) is 11.3 Å². The van der Waals surface area contributed by atoms with Crippen molar-refractivity contribution in [2.24, 2.45) is 0 Å². The second-order valence-corrected chi connectivity index (χ2v) is 6.52. The number of thiazole rings is 1. The Morgan fingerprint density at radius 1 is 1.25 bits per heavy atom. The number of nitrogens with zero attached hydrogens (tertiary/aromatic N) is 1. The van der Waals surface area contributed by atoms with Crippen LogP contribution in [0, 0.1) is 13.8 Å². The van der Waals surface area contributed by atoms with Gasteiger partial charge in [0.2, 0.25) is 0 Å². The normalized spacial score (nSPS) is 12.6. The summed E-state index contributed by atoms with van der Waals surface area (Å²) in [6.07, 6.45) is 2.11. The predicted octanol–water partition coefficient (Wildman–Crippen LogP) is 3.58. The molecule has 1 aromatic carbocycles. The van der Waals surface area contributed by atoms with Crippen LogP contribution in [0.5, 0.6) is 5.75 Å². The van der Waals surface area contributed by atoms with Crippen LogP contribution in [-0.2, 0) is 13.0 Å². The van der Waals surface area contributed by atoms with E-state index in [9.17, 15) is 5.11 Å². The second-order valence-electron chi connectivity index (χ2n) is 5.23. The highest BCUT2D eigenvalue weighted by atomic mass is 32.1. The van der Waals surface area contributed by atoms with E-state index in [0.29, 0.717) is 11.8 Å². The maximum atomic E-state index is 9.26. The van der Waals surface area contributed by atoms with Crippen LogP contribution in [0.25, 0.3) is 0 Å². The van der Waals surface area contributed by atoms with Crippen LogP contribution in [0.2, 0.25) is 0 Å². The molecule has 0 aliphatic carbocycles. The van der Waals surface area contributed by atoms with Gasteiger partial charge in [-0.05, 0) is 51.3 Å². The summed E-state index contributed by atoms with van der Waals surface area (Å²) in [7, 11) is 0. The Balaban J connectivity index is 1.76. The molecule has 2 aromatic rings. The molecular formula is C16H22N2OS. The van der Waals surface area contributed by atoms with E-state index in [2.05, 4.69) is 31.1 Å². The highest BCUT2D eigenvalue weighted by Crippen LogP contribution is 2.17. The molecule has 2 rings (SSSR count). The number of phenolic OH excluding ortho intramolecular Hbond substituents is 1. The molecule has 0 aliphatic rings. The fourth-order valence-corrected chi connectivity index (χ4v) is 3.04. The number of aryl methyl sites for hydroxylation is 3. The number of aromatic nitrogens is 1. The number of hydrogen-bond donors (Lipinski definition) is 2. The summed E-state index contributed by atoms with van der Waals surface area (Å²) in [6.45, 7) is 7.23. The molecule has 2 N–H and O–H groups in total. The van der Waals surface area contributed by atoms with Gasteiger partial charge in [0, 0.05) is 17.5 Å². The molecule has 1 aromatic heterocycles. The molecule has 0 aliphatic heterocycles. The molecule has 3 nitrogen and oxygen atoms in total. The van der Waals surface area contributed by atoms with E-state index in [0.717, 1.165) is 30.1 Å². The molecule has 1 unspecified atom stereocenters. The average molecular weight is 290 g/mol. The van der Waals surface area contributed by atoms with Crippen LogP contribution in [0.15, 0.2) is 24.3 Å². The molecule has 0 fully saturated rings. The molecule has 1 heterocycles. The number of aromatic hydroxyl groups is 1. The lowest BCUT2D eigenvalue weighted by Gasteiger charge is -2.13. The van der Waals surface area contributed by atoms with Gasteiger partial charge in [0.05, 0.1) is 10.7 Å². The molecule has 0 saturated carbocycles. The minimum atomic E-state index is 0.330. The van der Waals surface area contributed by atoms with Gasteiger partial charge in [0.1, 0.15) is 5.75 Å². The molecule has 0 bridgehead atoms. The van der Waals surface area contributed by atoms with Gasteiger partial charge in [0.25, 0.3) is 0 Å². The van der Waals surface area contributed by atoms with Crippen molar-refractivity contribution in [2.75, 3.05) is 0 Å². The number of phenols is 1. The Kier molecular flexibility index (Phi) is 5.15. The topological polar surface area (TPSA) is 45.2 Å². The summed E-state index contributed by atoms with van der Waals surface area (Å²) in [5.74, 6) is 0.330. The van der Waals surface area contributed by atoms with E-state index in [1.54, 1.807) is 23.5 Å². The van der Waals surface area contributed by atoms with Gasteiger partial charge in [-0.2, -0.15) is 0 Å². The zero-order valence-electron chi connectivity index (χ0n) is 12.3. The van der Waals surface area contributed by atoms with Crippen molar-refractivity contribution in [3.8, 4) is 5.75 Å². The van der Waals surface area contributed by atoms with Gasteiger partial charge in [-0.1, -0.05) is 12.1 Å². The van der Waals surface area contributed by atoms with E-state index in [1.807, 2.05) is 12.1 Å². The summed E-state index contributed by atoms with van der Waals surface area (Å²) in [4.78, 5) is 5.78. The van der Waals surface area contributed by atoms with Crippen LogP contribution >= 0.6 is 11.3 Å². The number of rotatable bonds is 6. The van der Waals surface area contributed by atoms with Crippen molar-refractivity contribution >= 4 is 11.3 Å². The third kappa shape index (κ3) is 4.32. The smallest absolute Gasteiger partial charge is 0.115 e. The maximum Gasteiger partial charge on any atom is 0.115 e. The first-order valence-electron chi connectivity index (χ1n) is 6.99. The summed E-state index contributed by atoms with van der Waals surface area (Å²) in [5.41, 5.74) is 2.41. The van der Waals surface area contributed by atoms with E-state index in [1.165, 1.54) is 10.4 Å². The highest BCUT2D eigenvalue weighted by Gasteiger charge is 2.07. The lowest BCUT2D eigenvalue weighted by Crippen LogP contribution is -2.25. The molecular weight excluding hydrogens is 268 g/mol. The second kappa shape index (κ2) is 6.86. The highest BCUT2D eigenvalue weighted by molar-refractivity contribution is 7.11. The van der Waals surface area contributed by atoms with Crippen molar-refractivity contribution in [3.63, 3.8) is 0 Å². The van der Waals surface area contributed by atoms with Crippen LogP contribution < -0.4 is 5.32 Å². The van der Waals surface area contributed by atoms with E-state index in [4.69, 9.17) is 0 Å². The quantitative estimate of drug-likeness (QED) is 0.855. The number of hydrogen-bond acceptors (Lipinski definition) is 4. The molecule has 1 atom stereocenters. The first-order valence-corrected chi connectivity index (χ1v) is 7.80. The van der Waals surface area contributed by atoms with Crippen molar-refractivity contribution in [2.45, 2.75) is 46.2 Å². The molecule has 108 valence electrons. The van der Waals surface area contributed by atoms with E-state index < -0.39 is 0 Å². The standard InChI is InChI=1S/C16H22N2OS/c1-11(4-5-14-6-8-15(19)9-7-14)17-10-16-12(2)18-13(3)20-16/h6-9,11,17,19H,4-5,10H2,1-3H3. The molecule has 20 heavy (non-hydrogen) atoms. The molecule has 0 saturated heterocycles. The van der Waals surface area contributed by atoms with Gasteiger partial charge < -0.3 is 10.4 Å². The monoisotopic (exact) mass is 290 g/mol. The van der Waals surface area contributed by atoms with E-state index >= 15 is 0 Å². The molecule has 0 amide bonds. The Labute approximate surface area is 124 Å². The Morgan fingerprint density at radius 3 is 2.55 bits per heavy atom. The van der Waals surface area contributed by atoms with Crippen molar-refractivity contribution in [1.29, 1.82) is 0 Å². The predicted molar refractivity (Wildman–Crippen MR) is 84.3 cm³/mol. The maximum absolute atomic E-state index is 9.26. The number of nitrogens with one attached hydrogen (secondary N) is 1.